The van der Waals surface area contributed by atoms with E-state index in [-0.39, 0.29) is 11.5 Å². The minimum absolute atomic E-state index is 0.195. The second-order valence-corrected chi connectivity index (χ2v) is 13.5. The molecule has 4 fully saturated rings. The van der Waals surface area contributed by atoms with E-state index in [0.29, 0.717) is 54.1 Å². The highest BCUT2D eigenvalue weighted by Crippen LogP contribution is 2.68. The van der Waals surface area contributed by atoms with E-state index in [0.717, 1.165) is 25.2 Å². The van der Waals surface area contributed by atoms with Gasteiger partial charge in [-0.05, 0) is 90.8 Å². The van der Waals surface area contributed by atoms with Crippen LogP contribution >= 0.6 is 0 Å². The number of hydrogen-bond donors (Lipinski definition) is 1. The van der Waals surface area contributed by atoms with Crippen molar-refractivity contribution < 1.29 is 14.6 Å². The van der Waals surface area contributed by atoms with E-state index in [1.807, 2.05) is 0 Å². The average molecular weight is 471 g/mol. The van der Waals surface area contributed by atoms with Crippen molar-refractivity contribution in [3.05, 3.63) is 23.8 Å². The molecule has 1 N–H and O–H groups in total. The average Bonchev–Trinajstić information content (AvgIpc) is 3.39. The maximum Gasteiger partial charge on any atom is 0.172 e. The maximum absolute atomic E-state index is 11.6. The van der Waals surface area contributed by atoms with Crippen molar-refractivity contribution in [1.29, 1.82) is 0 Å². The Kier molecular flexibility index (Phi) is 6.65. The van der Waals surface area contributed by atoms with Crippen LogP contribution in [-0.4, -0.2) is 30.2 Å². The fraction of sp³-hybridized carbons (Fsp3) is 0.871. The van der Waals surface area contributed by atoms with Gasteiger partial charge in [0.1, 0.15) is 0 Å². The molecule has 0 aromatic carbocycles. The first kappa shape index (κ1) is 25.0. The van der Waals surface area contributed by atoms with Crippen LogP contribution in [0.3, 0.4) is 0 Å². The fourth-order valence-corrected chi connectivity index (χ4v) is 9.53. The third-order valence-electron chi connectivity index (χ3n) is 11.6. The van der Waals surface area contributed by atoms with Crippen LogP contribution in [-0.2, 0) is 9.47 Å². The molecule has 3 nitrogen and oxygen atoms in total. The molecule has 0 radical (unpaired) electrons. The molecule has 3 saturated carbocycles. The highest BCUT2D eigenvalue weighted by molar-refractivity contribution is 5.29. The Labute approximate surface area is 208 Å². The van der Waals surface area contributed by atoms with Gasteiger partial charge in [0.05, 0.1) is 19.3 Å². The lowest BCUT2D eigenvalue weighted by atomic mass is 9.46. The van der Waals surface area contributed by atoms with E-state index in [9.17, 15) is 5.11 Å². The molecule has 1 heterocycles. The van der Waals surface area contributed by atoms with Crippen molar-refractivity contribution in [1.82, 2.24) is 0 Å². The molecule has 34 heavy (non-hydrogen) atoms. The highest BCUT2D eigenvalue weighted by atomic mass is 16.7. The van der Waals surface area contributed by atoms with Crippen LogP contribution in [0.5, 0.6) is 0 Å². The van der Waals surface area contributed by atoms with E-state index in [4.69, 9.17) is 9.47 Å². The number of fused-ring (bicyclic) bond motifs is 5. The minimum atomic E-state index is -0.409. The summed E-state index contributed by atoms with van der Waals surface area (Å²) in [7, 11) is 0. The van der Waals surface area contributed by atoms with Crippen molar-refractivity contribution in [3.8, 4) is 0 Å². The van der Waals surface area contributed by atoms with Crippen molar-refractivity contribution in [2.45, 2.75) is 105 Å². The quantitative estimate of drug-likeness (QED) is 0.433. The summed E-state index contributed by atoms with van der Waals surface area (Å²) in [6, 6.07) is 0. The van der Waals surface area contributed by atoms with Crippen molar-refractivity contribution >= 4 is 0 Å². The van der Waals surface area contributed by atoms with Crippen LogP contribution in [0, 0.1) is 52.3 Å². The monoisotopic (exact) mass is 470 g/mol. The van der Waals surface area contributed by atoms with E-state index in [2.05, 4.69) is 59.8 Å². The molecule has 192 valence electrons. The standard InChI is InChI=1S/C31H50O3/c1-7-22(20(2)3)9-8-21(4)24-10-11-25-28-26(12-13-30(24,25)6)29(5)14-15-31(33-16-17-34-31)19-23(29)18-27(28)32/h8-9,18,20-22,24-28,32H,7,10-17,19H2,1-6H3/b9-8+/t21-,22-,24-,25+,26+,27+,28+,29+,30-/m1/s1. The highest BCUT2D eigenvalue weighted by Gasteiger charge is 2.62. The molecular weight excluding hydrogens is 420 g/mol. The smallest absolute Gasteiger partial charge is 0.172 e. The summed E-state index contributed by atoms with van der Waals surface area (Å²) in [4.78, 5) is 0. The lowest BCUT2D eigenvalue weighted by molar-refractivity contribution is -0.189. The van der Waals surface area contributed by atoms with Gasteiger partial charge < -0.3 is 14.6 Å². The summed E-state index contributed by atoms with van der Waals surface area (Å²) in [6.07, 6.45) is 16.4. The summed E-state index contributed by atoms with van der Waals surface area (Å²) in [5, 5.41) is 11.6. The van der Waals surface area contributed by atoms with Crippen molar-refractivity contribution in [2.75, 3.05) is 13.2 Å². The number of hydrogen-bond acceptors (Lipinski definition) is 3. The summed E-state index contributed by atoms with van der Waals surface area (Å²) in [5.41, 5.74) is 1.96. The first-order chi connectivity index (χ1) is 16.1. The molecule has 1 spiro atoms. The number of rotatable bonds is 5. The number of ether oxygens (including phenoxy) is 2. The van der Waals surface area contributed by atoms with Gasteiger partial charge in [-0.2, -0.15) is 0 Å². The lowest BCUT2D eigenvalue weighted by Gasteiger charge is -2.60. The molecule has 0 aromatic rings. The second kappa shape index (κ2) is 9.03. The fourth-order valence-electron chi connectivity index (χ4n) is 9.53. The summed E-state index contributed by atoms with van der Waals surface area (Å²) >= 11 is 0. The second-order valence-electron chi connectivity index (χ2n) is 13.5. The van der Waals surface area contributed by atoms with Crippen LogP contribution in [0.15, 0.2) is 23.8 Å². The first-order valence-corrected chi connectivity index (χ1v) is 14.5. The molecule has 9 atom stereocenters. The predicted octanol–water partition coefficient (Wildman–Crippen LogP) is 7.15. The van der Waals surface area contributed by atoms with Crippen molar-refractivity contribution in [3.63, 3.8) is 0 Å². The predicted molar refractivity (Wildman–Crippen MR) is 138 cm³/mol. The van der Waals surface area contributed by atoms with Gasteiger partial charge in [-0.3, -0.25) is 0 Å². The Bertz CT molecular complexity index is 807. The summed E-state index contributed by atoms with van der Waals surface area (Å²) < 4.78 is 12.2. The Morgan fingerprint density at radius 3 is 2.41 bits per heavy atom. The Hall–Kier alpha value is -0.640. The molecule has 3 heteroatoms. The van der Waals surface area contributed by atoms with E-state index in [1.54, 1.807) is 0 Å². The zero-order chi connectivity index (χ0) is 24.3. The Morgan fingerprint density at radius 1 is 1.00 bits per heavy atom. The van der Waals surface area contributed by atoms with Gasteiger partial charge in [0.25, 0.3) is 0 Å². The molecule has 0 unspecified atom stereocenters. The molecule has 0 amide bonds. The van der Waals surface area contributed by atoms with Crippen LogP contribution in [0.25, 0.3) is 0 Å². The van der Waals surface area contributed by atoms with Gasteiger partial charge in [0.2, 0.25) is 0 Å². The topological polar surface area (TPSA) is 38.7 Å². The van der Waals surface area contributed by atoms with E-state index in [1.165, 1.54) is 37.7 Å². The van der Waals surface area contributed by atoms with E-state index < -0.39 is 5.79 Å². The molecule has 1 saturated heterocycles. The van der Waals surface area contributed by atoms with Crippen LogP contribution in [0.4, 0.5) is 0 Å². The van der Waals surface area contributed by atoms with Gasteiger partial charge in [-0.15, -0.1) is 0 Å². The molecule has 4 aliphatic carbocycles. The van der Waals surface area contributed by atoms with Gasteiger partial charge in [0.15, 0.2) is 5.79 Å². The van der Waals surface area contributed by atoms with Gasteiger partial charge in [0, 0.05) is 12.8 Å². The molecule has 0 bridgehead atoms. The molecular formula is C31H50O3. The molecule has 5 aliphatic rings. The number of allylic oxidation sites excluding steroid dienone is 2. The third-order valence-corrected chi connectivity index (χ3v) is 11.6. The summed E-state index contributed by atoms with van der Waals surface area (Å²) in [6.45, 7) is 16.0. The van der Waals surface area contributed by atoms with Gasteiger partial charge in [-0.25, -0.2) is 0 Å². The molecule has 0 aromatic heterocycles. The first-order valence-electron chi connectivity index (χ1n) is 14.5. The lowest BCUT2D eigenvalue weighted by Crippen LogP contribution is -2.56. The van der Waals surface area contributed by atoms with Crippen molar-refractivity contribution in [2.24, 2.45) is 52.3 Å². The van der Waals surface area contributed by atoms with Gasteiger partial charge >= 0.3 is 0 Å². The number of aliphatic hydroxyl groups excluding tert-OH is 1. The van der Waals surface area contributed by atoms with E-state index >= 15 is 0 Å². The summed E-state index contributed by atoms with van der Waals surface area (Å²) in [5.74, 6) is 3.99. The zero-order valence-corrected chi connectivity index (χ0v) is 22.7. The molecule has 5 rings (SSSR count). The number of aliphatic hydroxyl groups is 1. The van der Waals surface area contributed by atoms with Gasteiger partial charge in [-0.1, -0.05) is 65.3 Å². The van der Waals surface area contributed by atoms with Crippen LogP contribution < -0.4 is 0 Å². The molecule has 1 aliphatic heterocycles. The largest absolute Gasteiger partial charge is 0.389 e. The SMILES string of the molecule is CC[C@H](/C=C/[C@@H](C)[C@H]1CC[C@H]2[C@@H]3[C@@H](O)C=C4CC5(CC[C@]4(C)[C@H]3CC[C@]12C)OCCO5)C(C)C. The Balaban J connectivity index is 1.37. The van der Waals surface area contributed by atoms with Crippen LogP contribution in [0.2, 0.25) is 0 Å². The third kappa shape index (κ3) is 3.88. The zero-order valence-electron chi connectivity index (χ0n) is 22.7. The Morgan fingerprint density at radius 2 is 1.74 bits per heavy atom. The normalized spacial score (nSPS) is 45.2. The maximum atomic E-state index is 11.6. The van der Waals surface area contributed by atoms with Crippen LogP contribution in [0.1, 0.15) is 92.9 Å². The minimum Gasteiger partial charge on any atom is -0.389 e.